The Labute approximate surface area is 147 Å². The molecule has 1 atom stereocenters. The summed E-state index contributed by atoms with van der Waals surface area (Å²) in [7, 11) is 0. The van der Waals surface area contributed by atoms with Crippen LogP contribution in [0.2, 0.25) is 0 Å². The number of thiophene rings is 1. The van der Waals surface area contributed by atoms with Crippen LogP contribution in [0.3, 0.4) is 0 Å². The highest BCUT2D eigenvalue weighted by molar-refractivity contribution is 7.99. The molecule has 0 radical (unpaired) electrons. The first-order valence-electron chi connectivity index (χ1n) is 7.38. The molecule has 4 rings (SSSR count). The summed E-state index contributed by atoms with van der Waals surface area (Å²) in [4.78, 5) is 4.55. The SMILES string of the molecule is C=CCSc1nnc2c(n1)OC(c1ccsc1)Nc1ccccc1-2. The molecule has 0 spiro atoms. The summed E-state index contributed by atoms with van der Waals surface area (Å²) in [5.74, 6) is 1.22. The van der Waals surface area contributed by atoms with Crippen molar-refractivity contribution in [1.29, 1.82) is 0 Å². The van der Waals surface area contributed by atoms with E-state index in [0.717, 1.165) is 22.6 Å². The molecule has 5 nitrogen and oxygen atoms in total. The normalized spacial score (nSPS) is 15.4. The fourth-order valence-electron chi connectivity index (χ4n) is 2.42. The predicted octanol–water partition coefficient (Wildman–Crippen LogP) is 4.38. The number of rotatable bonds is 4. The second-order valence-corrected chi connectivity index (χ2v) is 6.86. The van der Waals surface area contributed by atoms with Gasteiger partial charge in [0.05, 0.1) is 0 Å². The number of hydrogen-bond donors (Lipinski definition) is 1. The fourth-order valence-corrected chi connectivity index (χ4v) is 3.60. The van der Waals surface area contributed by atoms with E-state index in [4.69, 9.17) is 4.74 Å². The number of para-hydroxylation sites is 1. The Morgan fingerprint density at radius 1 is 1.29 bits per heavy atom. The lowest BCUT2D eigenvalue weighted by Crippen LogP contribution is -2.16. The first-order valence-corrected chi connectivity index (χ1v) is 9.31. The smallest absolute Gasteiger partial charge is 0.247 e. The number of fused-ring (bicyclic) bond motifs is 3. The maximum absolute atomic E-state index is 6.15. The van der Waals surface area contributed by atoms with Crippen molar-refractivity contribution in [2.24, 2.45) is 0 Å². The molecule has 0 aliphatic carbocycles. The van der Waals surface area contributed by atoms with Gasteiger partial charge in [-0.3, -0.25) is 0 Å². The number of thioether (sulfide) groups is 1. The lowest BCUT2D eigenvalue weighted by Gasteiger charge is -2.17. The van der Waals surface area contributed by atoms with Crippen molar-refractivity contribution in [3.8, 4) is 17.1 Å². The van der Waals surface area contributed by atoms with Crippen LogP contribution in [0.5, 0.6) is 5.88 Å². The molecule has 1 aromatic carbocycles. The number of nitrogens with zero attached hydrogens (tertiary/aromatic N) is 3. The number of anilines is 1. The van der Waals surface area contributed by atoms with E-state index < -0.39 is 0 Å². The number of hydrogen-bond acceptors (Lipinski definition) is 7. The second kappa shape index (κ2) is 6.62. The molecule has 3 heterocycles. The molecular weight excluding hydrogens is 340 g/mol. The van der Waals surface area contributed by atoms with Crippen LogP contribution in [0.4, 0.5) is 5.69 Å². The van der Waals surface area contributed by atoms with E-state index in [1.165, 1.54) is 11.8 Å². The van der Waals surface area contributed by atoms with E-state index >= 15 is 0 Å². The first-order chi connectivity index (χ1) is 11.8. The van der Waals surface area contributed by atoms with Crippen molar-refractivity contribution >= 4 is 28.8 Å². The molecule has 0 saturated carbocycles. The quantitative estimate of drug-likeness (QED) is 0.554. The van der Waals surface area contributed by atoms with Gasteiger partial charge in [-0.2, -0.15) is 16.3 Å². The molecule has 1 aliphatic rings. The van der Waals surface area contributed by atoms with Gasteiger partial charge in [0, 0.05) is 22.6 Å². The van der Waals surface area contributed by atoms with E-state index in [-0.39, 0.29) is 6.23 Å². The van der Waals surface area contributed by atoms with Crippen molar-refractivity contribution in [3.63, 3.8) is 0 Å². The van der Waals surface area contributed by atoms with E-state index in [9.17, 15) is 0 Å². The van der Waals surface area contributed by atoms with Crippen LogP contribution in [0, 0.1) is 0 Å². The van der Waals surface area contributed by atoms with E-state index in [1.807, 2.05) is 41.8 Å². The molecular formula is C17H14N4OS2. The van der Waals surface area contributed by atoms with Gasteiger partial charge in [0.25, 0.3) is 0 Å². The Kier molecular flexibility index (Phi) is 4.18. The van der Waals surface area contributed by atoms with Gasteiger partial charge in [0.2, 0.25) is 11.0 Å². The topological polar surface area (TPSA) is 59.9 Å². The number of aromatic nitrogens is 3. The molecule has 24 heavy (non-hydrogen) atoms. The molecule has 0 saturated heterocycles. The maximum Gasteiger partial charge on any atom is 0.247 e. The van der Waals surface area contributed by atoms with Crippen LogP contribution in [0.25, 0.3) is 11.3 Å². The third-order valence-electron chi connectivity index (χ3n) is 3.51. The monoisotopic (exact) mass is 354 g/mol. The summed E-state index contributed by atoms with van der Waals surface area (Å²) in [5, 5.41) is 16.7. The zero-order valence-electron chi connectivity index (χ0n) is 12.7. The van der Waals surface area contributed by atoms with E-state index in [1.54, 1.807) is 11.3 Å². The summed E-state index contributed by atoms with van der Waals surface area (Å²) in [6.07, 6.45) is 1.50. The highest BCUT2D eigenvalue weighted by Gasteiger charge is 2.26. The van der Waals surface area contributed by atoms with Gasteiger partial charge in [-0.1, -0.05) is 36.0 Å². The van der Waals surface area contributed by atoms with Crippen molar-refractivity contribution in [1.82, 2.24) is 15.2 Å². The minimum atomic E-state index is -0.312. The van der Waals surface area contributed by atoms with Gasteiger partial charge in [0.15, 0.2) is 11.9 Å². The van der Waals surface area contributed by atoms with Crippen LogP contribution in [-0.4, -0.2) is 20.9 Å². The van der Waals surface area contributed by atoms with Gasteiger partial charge in [-0.05, 0) is 22.9 Å². The lowest BCUT2D eigenvalue weighted by atomic mass is 10.1. The van der Waals surface area contributed by atoms with Gasteiger partial charge < -0.3 is 10.1 Å². The highest BCUT2D eigenvalue weighted by atomic mass is 32.2. The molecule has 3 aromatic rings. The zero-order chi connectivity index (χ0) is 16.4. The Morgan fingerprint density at radius 3 is 3.04 bits per heavy atom. The third-order valence-corrected chi connectivity index (χ3v) is 5.04. The zero-order valence-corrected chi connectivity index (χ0v) is 14.3. The number of ether oxygens (including phenoxy) is 1. The third kappa shape index (κ3) is 2.88. The van der Waals surface area contributed by atoms with Gasteiger partial charge in [0.1, 0.15) is 0 Å². The first kappa shape index (κ1) is 15.2. The average molecular weight is 354 g/mol. The molecule has 1 N–H and O–H groups in total. The molecule has 1 unspecified atom stereocenters. The molecule has 1 aliphatic heterocycles. The van der Waals surface area contributed by atoms with Crippen LogP contribution in [0.1, 0.15) is 11.8 Å². The fraction of sp³-hybridized carbons (Fsp3) is 0.118. The molecule has 0 amide bonds. The predicted molar refractivity (Wildman–Crippen MR) is 97.5 cm³/mol. The number of benzene rings is 1. The summed E-state index contributed by atoms with van der Waals surface area (Å²) in [5.41, 5.74) is 3.60. The van der Waals surface area contributed by atoms with Crippen LogP contribution in [-0.2, 0) is 0 Å². The summed E-state index contributed by atoms with van der Waals surface area (Å²) in [6.45, 7) is 3.72. The Bertz CT molecular complexity index is 867. The maximum atomic E-state index is 6.15. The van der Waals surface area contributed by atoms with Crippen LogP contribution >= 0.6 is 23.1 Å². The van der Waals surface area contributed by atoms with Gasteiger partial charge in [-0.15, -0.1) is 16.8 Å². The van der Waals surface area contributed by atoms with Crippen molar-refractivity contribution < 1.29 is 4.74 Å². The van der Waals surface area contributed by atoms with E-state index in [2.05, 4.69) is 32.5 Å². The summed E-state index contributed by atoms with van der Waals surface area (Å²) >= 11 is 3.11. The van der Waals surface area contributed by atoms with Gasteiger partial charge >= 0.3 is 0 Å². The van der Waals surface area contributed by atoms with Crippen LogP contribution < -0.4 is 10.1 Å². The summed E-state index contributed by atoms with van der Waals surface area (Å²) in [6, 6.07) is 9.99. The van der Waals surface area contributed by atoms with Crippen LogP contribution in [0.15, 0.2) is 58.9 Å². The molecule has 120 valence electrons. The molecule has 0 bridgehead atoms. The largest absolute Gasteiger partial charge is 0.448 e. The lowest BCUT2D eigenvalue weighted by molar-refractivity contribution is 0.225. The van der Waals surface area contributed by atoms with Crippen molar-refractivity contribution in [2.75, 3.05) is 11.1 Å². The molecule has 7 heteroatoms. The molecule has 0 fully saturated rings. The second-order valence-electron chi connectivity index (χ2n) is 5.09. The highest BCUT2D eigenvalue weighted by Crippen LogP contribution is 2.39. The Balaban J connectivity index is 1.80. The van der Waals surface area contributed by atoms with Crippen molar-refractivity contribution in [2.45, 2.75) is 11.4 Å². The minimum absolute atomic E-state index is 0.312. The Hall–Kier alpha value is -2.38. The van der Waals surface area contributed by atoms with Crippen molar-refractivity contribution in [3.05, 3.63) is 59.3 Å². The summed E-state index contributed by atoms with van der Waals surface area (Å²) < 4.78 is 6.15. The minimum Gasteiger partial charge on any atom is -0.448 e. The number of nitrogens with one attached hydrogen (secondary N) is 1. The average Bonchev–Trinajstić information content (AvgIpc) is 3.09. The molecule has 2 aromatic heterocycles. The standard InChI is InChI=1S/C17H14N4OS2/c1-2-8-24-17-19-16-14(20-21-17)12-5-3-4-6-13(12)18-15(22-16)11-7-9-23-10-11/h2-7,9-10,15,18H,1,8H2. The van der Waals surface area contributed by atoms with E-state index in [0.29, 0.717) is 16.7 Å². The Morgan fingerprint density at radius 2 is 2.21 bits per heavy atom. The van der Waals surface area contributed by atoms with Gasteiger partial charge in [-0.25, -0.2) is 0 Å².